The number of morpholine rings is 1. The van der Waals surface area contributed by atoms with E-state index >= 15 is 0 Å². The van der Waals surface area contributed by atoms with Crippen LogP contribution < -0.4 is 15.5 Å². The molecule has 2 aliphatic heterocycles. The maximum absolute atomic E-state index is 13.1. The number of hydrogen-bond acceptors (Lipinski definition) is 7. The predicted molar refractivity (Wildman–Crippen MR) is 185 cm³/mol. The molecule has 3 aromatic carbocycles. The maximum atomic E-state index is 13.1. The number of carbonyl (C=O) groups excluding carboxylic acids is 2. The van der Waals surface area contributed by atoms with Gasteiger partial charge < -0.3 is 25.2 Å². The number of unbranched alkanes of at least 4 members (excludes halogenated alkanes) is 1. The van der Waals surface area contributed by atoms with Gasteiger partial charge in [0.15, 0.2) is 5.82 Å². The highest BCUT2D eigenvalue weighted by molar-refractivity contribution is 6.00. The molecule has 0 bridgehead atoms. The van der Waals surface area contributed by atoms with E-state index in [1.54, 1.807) is 24.3 Å². The average molecular weight is 634 g/mol. The Kier molecular flexibility index (Phi) is 10.7. The van der Waals surface area contributed by atoms with Crippen molar-refractivity contribution >= 4 is 29.3 Å². The molecular weight excluding hydrogens is 590 g/mol. The first-order chi connectivity index (χ1) is 23.0. The molecule has 2 N–H and O–H groups in total. The SMILES string of the molecule is CCCCc1nc(-c2ccc(NC(=O)Nc3ccc(C(=O)N4CCC(Cc5ccccc5)CC4)cc3)cc2)nc(N2CCOCC2)n1. The second-order valence-corrected chi connectivity index (χ2v) is 12.2. The van der Waals surface area contributed by atoms with Crippen LogP contribution in [0.5, 0.6) is 0 Å². The van der Waals surface area contributed by atoms with Gasteiger partial charge in [-0.25, -0.2) is 9.78 Å². The minimum absolute atomic E-state index is 0.0342. The van der Waals surface area contributed by atoms with E-state index in [0.29, 0.717) is 47.8 Å². The van der Waals surface area contributed by atoms with Gasteiger partial charge in [-0.2, -0.15) is 9.97 Å². The number of rotatable bonds is 10. The number of benzene rings is 3. The minimum atomic E-state index is -0.367. The van der Waals surface area contributed by atoms with Gasteiger partial charge in [-0.05, 0) is 85.7 Å². The van der Waals surface area contributed by atoms with Gasteiger partial charge in [0.25, 0.3) is 5.91 Å². The first kappa shape index (κ1) is 32.1. The third-order valence-corrected chi connectivity index (χ3v) is 8.78. The third-order valence-electron chi connectivity index (χ3n) is 8.78. The summed E-state index contributed by atoms with van der Waals surface area (Å²) in [4.78, 5) is 44.2. The monoisotopic (exact) mass is 633 g/mol. The Morgan fingerprint density at radius 2 is 1.47 bits per heavy atom. The lowest BCUT2D eigenvalue weighted by atomic mass is 9.90. The Balaban J connectivity index is 1.01. The number of urea groups is 1. The first-order valence-corrected chi connectivity index (χ1v) is 16.7. The van der Waals surface area contributed by atoms with E-state index < -0.39 is 0 Å². The number of likely N-dealkylation sites (tertiary alicyclic amines) is 1. The van der Waals surface area contributed by atoms with Gasteiger partial charge in [0, 0.05) is 55.1 Å². The summed E-state index contributed by atoms with van der Waals surface area (Å²) in [6.07, 6.45) is 5.95. The van der Waals surface area contributed by atoms with Crippen LogP contribution in [0.15, 0.2) is 78.9 Å². The summed E-state index contributed by atoms with van der Waals surface area (Å²) >= 11 is 0. The Morgan fingerprint density at radius 3 is 2.13 bits per heavy atom. The van der Waals surface area contributed by atoms with E-state index in [0.717, 1.165) is 76.1 Å². The number of aromatic nitrogens is 3. The summed E-state index contributed by atoms with van der Waals surface area (Å²) in [6, 6.07) is 24.8. The Hall–Kier alpha value is -4.83. The van der Waals surface area contributed by atoms with Crippen LogP contribution in [0.4, 0.5) is 22.1 Å². The Bertz CT molecular complexity index is 1620. The number of ether oxygens (including phenoxy) is 1. The molecule has 0 aliphatic carbocycles. The molecule has 2 fully saturated rings. The quantitative estimate of drug-likeness (QED) is 0.206. The zero-order valence-corrected chi connectivity index (χ0v) is 27.0. The number of aryl methyl sites for hydroxylation is 1. The second-order valence-electron chi connectivity index (χ2n) is 12.2. The molecule has 3 amide bonds. The molecular formula is C37H43N7O3. The van der Waals surface area contributed by atoms with Crippen LogP contribution in [-0.4, -0.2) is 71.2 Å². The van der Waals surface area contributed by atoms with Crippen molar-refractivity contribution < 1.29 is 14.3 Å². The molecule has 2 aliphatic rings. The number of nitrogens with one attached hydrogen (secondary N) is 2. The fourth-order valence-electron chi connectivity index (χ4n) is 6.05. The van der Waals surface area contributed by atoms with Crippen LogP contribution in [0.25, 0.3) is 11.4 Å². The van der Waals surface area contributed by atoms with E-state index in [4.69, 9.17) is 19.7 Å². The lowest BCUT2D eigenvalue weighted by Gasteiger charge is -2.32. The topological polar surface area (TPSA) is 113 Å². The molecule has 47 heavy (non-hydrogen) atoms. The van der Waals surface area contributed by atoms with Crippen LogP contribution in [0, 0.1) is 5.92 Å². The van der Waals surface area contributed by atoms with Crippen molar-refractivity contribution in [2.24, 2.45) is 5.92 Å². The summed E-state index contributed by atoms with van der Waals surface area (Å²) in [5, 5.41) is 5.74. The Labute approximate surface area is 276 Å². The van der Waals surface area contributed by atoms with Crippen molar-refractivity contribution in [2.45, 2.75) is 45.4 Å². The molecule has 0 atom stereocenters. The van der Waals surface area contributed by atoms with Crippen molar-refractivity contribution in [2.75, 3.05) is 54.9 Å². The number of carbonyl (C=O) groups is 2. The van der Waals surface area contributed by atoms with Gasteiger partial charge >= 0.3 is 6.03 Å². The zero-order valence-electron chi connectivity index (χ0n) is 27.0. The minimum Gasteiger partial charge on any atom is -0.378 e. The highest BCUT2D eigenvalue weighted by atomic mass is 16.5. The fraction of sp³-hybridized carbons (Fsp3) is 0.378. The summed E-state index contributed by atoms with van der Waals surface area (Å²) in [5.74, 6) is 2.73. The normalized spacial score (nSPS) is 15.3. The number of nitrogens with zero attached hydrogens (tertiary/aromatic N) is 5. The molecule has 6 rings (SSSR count). The van der Waals surface area contributed by atoms with Gasteiger partial charge in [0.2, 0.25) is 5.95 Å². The molecule has 0 unspecified atom stereocenters. The molecule has 4 aromatic rings. The average Bonchev–Trinajstić information content (AvgIpc) is 3.12. The van der Waals surface area contributed by atoms with E-state index in [1.165, 1.54) is 5.56 Å². The van der Waals surface area contributed by atoms with Crippen LogP contribution in [0.2, 0.25) is 0 Å². The lowest BCUT2D eigenvalue weighted by Crippen LogP contribution is -2.38. The van der Waals surface area contributed by atoms with Crippen LogP contribution in [-0.2, 0) is 17.6 Å². The van der Waals surface area contributed by atoms with Crippen molar-refractivity contribution in [3.63, 3.8) is 0 Å². The van der Waals surface area contributed by atoms with E-state index in [1.807, 2.05) is 35.2 Å². The summed E-state index contributed by atoms with van der Waals surface area (Å²) in [5.41, 5.74) is 4.09. The van der Waals surface area contributed by atoms with Gasteiger partial charge in [0.05, 0.1) is 13.2 Å². The lowest BCUT2D eigenvalue weighted by molar-refractivity contribution is 0.0690. The number of hydrogen-bond donors (Lipinski definition) is 2. The molecule has 0 saturated carbocycles. The predicted octanol–water partition coefficient (Wildman–Crippen LogP) is 6.46. The van der Waals surface area contributed by atoms with Crippen molar-refractivity contribution in [1.82, 2.24) is 19.9 Å². The van der Waals surface area contributed by atoms with Crippen LogP contribution in [0.3, 0.4) is 0 Å². The molecule has 1 aromatic heterocycles. The standard InChI is InChI=1S/C37H43N7O3/c1-2-3-9-33-40-34(42-36(41-33)44-22-24-47-25-23-44)29-10-14-31(15-11-29)38-37(46)39-32-16-12-30(13-17-32)35(45)43-20-18-28(19-21-43)26-27-7-5-4-6-8-27/h4-8,10-17,28H,2-3,9,18-26H2,1H3,(H2,38,39,46). The molecule has 0 radical (unpaired) electrons. The number of amides is 3. The highest BCUT2D eigenvalue weighted by Gasteiger charge is 2.24. The van der Waals surface area contributed by atoms with Crippen LogP contribution in [0.1, 0.15) is 54.4 Å². The summed E-state index contributed by atoms with van der Waals surface area (Å²) < 4.78 is 5.50. The Morgan fingerprint density at radius 1 is 0.809 bits per heavy atom. The number of anilines is 3. The van der Waals surface area contributed by atoms with Gasteiger partial charge in [-0.3, -0.25) is 4.79 Å². The molecule has 0 spiro atoms. The largest absolute Gasteiger partial charge is 0.378 e. The van der Waals surface area contributed by atoms with Gasteiger partial charge in [-0.1, -0.05) is 43.7 Å². The van der Waals surface area contributed by atoms with Gasteiger partial charge in [-0.15, -0.1) is 0 Å². The molecule has 244 valence electrons. The van der Waals surface area contributed by atoms with Crippen molar-refractivity contribution in [3.05, 3.63) is 95.8 Å². The fourth-order valence-corrected chi connectivity index (χ4v) is 6.05. The second kappa shape index (κ2) is 15.6. The molecule has 3 heterocycles. The molecule has 10 nitrogen and oxygen atoms in total. The van der Waals surface area contributed by atoms with E-state index in [9.17, 15) is 9.59 Å². The summed E-state index contributed by atoms with van der Waals surface area (Å²) in [7, 11) is 0. The number of piperidine rings is 1. The van der Waals surface area contributed by atoms with E-state index in [-0.39, 0.29) is 11.9 Å². The smallest absolute Gasteiger partial charge is 0.323 e. The van der Waals surface area contributed by atoms with Crippen molar-refractivity contribution in [3.8, 4) is 11.4 Å². The third kappa shape index (κ3) is 8.71. The maximum Gasteiger partial charge on any atom is 0.323 e. The van der Waals surface area contributed by atoms with E-state index in [2.05, 4.69) is 46.7 Å². The van der Waals surface area contributed by atoms with Crippen LogP contribution >= 0.6 is 0 Å². The zero-order chi connectivity index (χ0) is 32.4. The molecule has 2 saturated heterocycles. The highest BCUT2D eigenvalue weighted by Crippen LogP contribution is 2.24. The van der Waals surface area contributed by atoms with Crippen molar-refractivity contribution in [1.29, 1.82) is 0 Å². The van der Waals surface area contributed by atoms with Gasteiger partial charge in [0.1, 0.15) is 5.82 Å². The molecule has 10 heteroatoms. The first-order valence-electron chi connectivity index (χ1n) is 16.7. The summed E-state index contributed by atoms with van der Waals surface area (Å²) in [6.45, 7) is 6.50.